The number of aliphatic hydroxyl groups is 1. The molecule has 7 heteroatoms. The Morgan fingerprint density at radius 3 is 1.82 bits per heavy atom. The minimum absolute atomic E-state index is 0.0106. The quantitative estimate of drug-likeness (QED) is 0.215. The van der Waals surface area contributed by atoms with Crippen molar-refractivity contribution >= 4 is 17.0 Å². The number of nitrogens with zero attached hydrogens (tertiary/aromatic N) is 5. The summed E-state index contributed by atoms with van der Waals surface area (Å²) < 4.78 is 9.10. The smallest absolute Gasteiger partial charge is 0.165 e. The highest BCUT2D eigenvalue weighted by atomic mass is 16.5. The van der Waals surface area contributed by atoms with Gasteiger partial charge in [-0.2, -0.15) is 0 Å². The van der Waals surface area contributed by atoms with Gasteiger partial charge in [-0.05, 0) is 37.0 Å². The standard InChI is InChI=1S/C32H35N5O2/c1-3-36(4-2)30-29-31(34-23-33-30)37(24-35-29)28(20-21-38)22-39-32(25-14-8-5-9-15-25,26-16-10-6-11-17-26)27-18-12-7-13-19-27/h5-19,23-24,28,38H,3-4,20-22H2,1-2H3. The highest BCUT2D eigenvalue weighted by Gasteiger charge is 2.38. The summed E-state index contributed by atoms with van der Waals surface area (Å²) in [6.07, 6.45) is 3.88. The Morgan fingerprint density at radius 2 is 1.33 bits per heavy atom. The van der Waals surface area contributed by atoms with Gasteiger partial charge < -0.3 is 19.3 Å². The molecular weight excluding hydrogens is 486 g/mol. The van der Waals surface area contributed by atoms with Gasteiger partial charge in [-0.1, -0.05) is 91.0 Å². The summed E-state index contributed by atoms with van der Waals surface area (Å²) in [5.74, 6) is 0.819. The Hall–Kier alpha value is -4.07. The van der Waals surface area contributed by atoms with Crippen molar-refractivity contribution in [2.75, 3.05) is 31.2 Å². The molecule has 0 radical (unpaired) electrons. The van der Waals surface area contributed by atoms with E-state index in [1.54, 1.807) is 12.7 Å². The minimum atomic E-state index is -0.852. The second-order valence-corrected chi connectivity index (χ2v) is 9.45. The predicted octanol–water partition coefficient (Wildman–Crippen LogP) is 5.60. The number of fused-ring (bicyclic) bond motifs is 1. The molecule has 0 fully saturated rings. The third kappa shape index (κ3) is 5.15. The molecule has 0 aliphatic carbocycles. The Labute approximate surface area is 229 Å². The summed E-state index contributed by atoms with van der Waals surface area (Å²) >= 11 is 0. The number of ether oxygens (including phenoxy) is 1. The molecule has 0 aliphatic heterocycles. The number of imidazole rings is 1. The lowest BCUT2D eigenvalue weighted by atomic mass is 9.80. The van der Waals surface area contributed by atoms with E-state index in [9.17, 15) is 5.11 Å². The van der Waals surface area contributed by atoms with E-state index in [1.165, 1.54) is 0 Å². The van der Waals surface area contributed by atoms with Crippen molar-refractivity contribution in [3.63, 3.8) is 0 Å². The van der Waals surface area contributed by atoms with Gasteiger partial charge >= 0.3 is 0 Å². The molecular formula is C32H35N5O2. The van der Waals surface area contributed by atoms with E-state index in [0.717, 1.165) is 46.8 Å². The van der Waals surface area contributed by atoms with Crippen LogP contribution >= 0.6 is 0 Å². The van der Waals surface area contributed by atoms with E-state index in [1.807, 2.05) is 59.2 Å². The van der Waals surface area contributed by atoms with Crippen molar-refractivity contribution in [3.05, 3.63) is 120 Å². The van der Waals surface area contributed by atoms with Crippen LogP contribution in [0.1, 0.15) is 43.0 Å². The van der Waals surface area contributed by atoms with Crippen molar-refractivity contribution in [2.24, 2.45) is 0 Å². The van der Waals surface area contributed by atoms with Crippen molar-refractivity contribution in [1.29, 1.82) is 0 Å². The van der Waals surface area contributed by atoms with Crippen molar-refractivity contribution < 1.29 is 9.84 Å². The molecule has 1 unspecified atom stereocenters. The zero-order valence-corrected chi connectivity index (χ0v) is 22.5. The normalized spacial score (nSPS) is 12.5. The summed E-state index contributed by atoms with van der Waals surface area (Å²) in [6, 6.07) is 30.8. The largest absolute Gasteiger partial charge is 0.396 e. The molecule has 0 bridgehead atoms. The third-order valence-electron chi connectivity index (χ3n) is 7.29. The molecule has 0 spiro atoms. The van der Waals surface area contributed by atoms with Gasteiger partial charge in [0.05, 0.1) is 19.0 Å². The Balaban J connectivity index is 1.60. The molecule has 200 valence electrons. The predicted molar refractivity (Wildman–Crippen MR) is 155 cm³/mol. The molecule has 2 aromatic heterocycles. The summed E-state index contributed by atoms with van der Waals surface area (Å²) in [7, 11) is 0. The number of aromatic nitrogens is 4. The first-order chi connectivity index (χ1) is 19.2. The van der Waals surface area contributed by atoms with Crippen molar-refractivity contribution in [2.45, 2.75) is 31.9 Å². The van der Waals surface area contributed by atoms with Gasteiger partial charge in [-0.15, -0.1) is 0 Å². The molecule has 2 heterocycles. The molecule has 0 saturated heterocycles. The van der Waals surface area contributed by atoms with Gasteiger partial charge in [0.2, 0.25) is 0 Å². The lowest BCUT2D eigenvalue weighted by Gasteiger charge is -2.37. The van der Waals surface area contributed by atoms with Crippen LogP contribution in [-0.4, -0.2) is 50.9 Å². The van der Waals surface area contributed by atoms with Crippen LogP contribution in [0.2, 0.25) is 0 Å². The summed E-state index contributed by atoms with van der Waals surface area (Å²) in [6.45, 7) is 6.20. The highest BCUT2D eigenvalue weighted by molar-refractivity contribution is 5.83. The van der Waals surface area contributed by atoms with Crippen LogP contribution in [-0.2, 0) is 10.3 Å². The maximum absolute atomic E-state index is 10.1. The van der Waals surface area contributed by atoms with Crippen LogP contribution in [0.4, 0.5) is 5.82 Å². The fourth-order valence-electron chi connectivity index (χ4n) is 5.30. The molecule has 0 aliphatic rings. The third-order valence-corrected chi connectivity index (χ3v) is 7.29. The van der Waals surface area contributed by atoms with Crippen LogP contribution in [0.25, 0.3) is 11.2 Å². The molecule has 1 atom stereocenters. The second kappa shape index (κ2) is 12.2. The first-order valence-electron chi connectivity index (χ1n) is 13.6. The first-order valence-corrected chi connectivity index (χ1v) is 13.6. The van der Waals surface area contributed by atoms with Gasteiger partial charge in [-0.25, -0.2) is 15.0 Å². The van der Waals surface area contributed by atoms with E-state index < -0.39 is 5.60 Å². The van der Waals surface area contributed by atoms with Crippen molar-refractivity contribution in [3.8, 4) is 0 Å². The van der Waals surface area contributed by atoms with E-state index in [-0.39, 0.29) is 12.6 Å². The van der Waals surface area contributed by atoms with E-state index in [0.29, 0.717) is 13.0 Å². The molecule has 7 nitrogen and oxygen atoms in total. The number of anilines is 1. The SMILES string of the molecule is CCN(CC)c1ncnc2c1ncn2C(CCO)COC(c1ccccc1)(c1ccccc1)c1ccccc1. The Morgan fingerprint density at radius 1 is 0.795 bits per heavy atom. The molecule has 3 aromatic carbocycles. The van der Waals surface area contributed by atoms with Crippen LogP contribution < -0.4 is 4.90 Å². The van der Waals surface area contributed by atoms with Crippen molar-refractivity contribution in [1.82, 2.24) is 19.5 Å². The second-order valence-electron chi connectivity index (χ2n) is 9.45. The number of hydrogen-bond acceptors (Lipinski definition) is 6. The van der Waals surface area contributed by atoms with Crippen LogP contribution in [0.5, 0.6) is 0 Å². The number of rotatable bonds is 12. The molecule has 0 amide bonds. The topological polar surface area (TPSA) is 76.3 Å². The first kappa shape index (κ1) is 26.5. The van der Waals surface area contributed by atoms with Gasteiger partial charge in [-0.3, -0.25) is 0 Å². The molecule has 39 heavy (non-hydrogen) atoms. The molecule has 5 aromatic rings. The number of benzene rings is 3. The zero-order valence-electron chi connectivity index (χ0n) is 22.5. The lowest BCUT2D eigenvalue weighted by molar-refractivity contribution is -0.00889. The Kier molecular flexibility index (Phi) is 8.30. The summed E-state index contributed by atoms with van der Waals surface area (Å²) in [5.41, 5.74) is 3.74. The fraction of sp³-hybridized carbons (Fsp3) is 0.281. The van der Waals surface area contributed by atoms with Crippen LogP contribution in [0, 0.1) is 0 Å². The molecule has 0 saturated carbocycles. The van der Waals surface area contributed by atoms with Gasteiger partial charge in [0.1, 0.15) is 11.9 Å². The van der Waals surface area contributed by atoms with Gasteiger partial charge in [0.15, 0.2) is 17.0 Å². The lowest BCUT2D eigenvalue weighted by Crippen LogP contribution is -2.35. The summed E-state index contributed by atoms with van der Waals surface area (Å²) in [4.78, 5) is 16.0. The van der Waals surface area contributed by atoms with E-state index in [2.05, 4.69) is 65.1 Å². The average Bonchev–Trinajstić information content (AvgIpc) is 3.44. The highest BCUT2D eigenvalue weighted by Crippen LogP contribution is 2.41. The van der Waals surface area contributed by atoms with E-state index >= 15 is 0 Å². The molecule has 5 rings (SSSR count). The maximum Gasteiger partial charge on any atom is 0.165 e. The van der Waals surface area contributed by atoms with Crippen LogP contribution in [0.3, 0.4) is 0 Å². The molecule has 1 N–H and O–H groups in total. The monoisotopic (exact) mass is 521 g/mol. The van der Waals surface area contributed by atoms with E-state index in [4.69, 9.17) is 9.72 Å². The number of hydrogen-bond donors (Lipinski definition) is 1. The zero-order chi connectivity index (χ0) is 27.1. The van der Waals surface area contributed by atoms with Gasteiger partial charge in [0.25, 0.3) is 0 Å². The van der Waals surface area contributed by atoms with Gasteiger partial charge in [0, 0.05) is 19.7 Å². The minimum Gasteiger partial charge on any atom is -0.396 e. The fourth-order valence-corrected chi connectivity index (χ4v) is 5.30. The number of aliphatic hydroxyl groups excluding tert-OH is 1. The Bertz CT molecular complexity index is 1360. The summed E-state index contributed by atoms with van der Waals surface area (Å²) in [5, 5.41) is 10.1. The maximum atomic E-state index is 10.1. The van der Waals surface area contributed by atoms with Crippen LogP contribution in [0.15, 0.2) is 104 Å². The average molecular weight is 522 g/mol.